The largest absolute Gasteiger partial charge is 0.487 e. The zero-order chi connectivity index (χ0) is 38.6. The first-order chi connectivity index (χ1) is 24.4. The molecule has 1 aromatic carbocycles. The van der Waals surface area contributed by atoms with Crippen LogP contribution >= 0.6 is 0 Å². The van der Waals surface area contributed by atoms with Crippen molar-refractivity contribution >= 4 is 5.97 Å². The number of hydrogen-bond donors (Lipinski definition) is 0. The molecule has 0 saturated heterocycles. The molecule has 3 rings (SSSR count). The van der Waals surface area contributed by atoms with Gasteiger partial charge in [0.25, 0.3) is 0 Å². The number of rotatable bonds is 18. The third kappa shape index (κ3) is 13.2. The standard InChI is InChI=1S/C49H76O3/c1-34(2)19-14-20-35(3)21-15-22-36(4)25-17-31-49(13)32-29-43-42(10)46(40(8)41(9)47(43)52-49)51-45(50)33-38(6)24-16-23-37(5)27-28-44-39(7)26-18-30-48(44,11)12/h16,23-24,27-28,33-36H,14-15,17-22,25-26,29-32H2,1-13H3/b24-16?,28-27?,37-23-,38-33?/t35-,36-,49-/m1/s1. The van der Waals surface area contributed by atoms with Gasteiger partial charge in [-0.3, -0.25) is 0 Å². The number of fused-ring (bicyclic) bond motifs is 1. The van der Waals surface area contributed by atoms with Crippen LogP contribution in [0.2, 0.25) is 0 Å². The number of esters is 1. The number of allylic oxidation sites excluding steroid dienone is 9. The van der Waals surface area contributed by atoms with Gasteiger partial charge in [-0.1, -0.05) is 128 Å². The van der Waals surface area contributed by atoms with Crippen LogP contribution in [-0.2, 0) is 11.2 Å². The fraction of sp³-hybridized carbons (Fsp3) is 0.653. The first-order valence-electron chi connectivity index (χ1n) is 20.9. The van der Waals surface area contributed by atoms with Crippen molar-refractivity contribution in [1.82, 2.24) is 0 Å². The summed E-state index contributed by atoms with van der Waals surface area (Å²) in [5.41, 5.74) is 9.38. The average molecular weight is 713 g/mol. The van der Waals surface area contributed by atoms with E-state index in [-0.39, 0.29) is 17.0 Å². The van der Waals surface area contributed by atoms with Crippen molar-refractivity contribution in [3.8, 4) is 11.5 Å². The summed E-state index contributed by atoms with van der Waals surface area (Å²) in [6.45, 7) is 29.1. The van der Waals surface area contributed by atoms with Crippen LogP contribution in [0.1, 0.15) is 175 Å². The molecule has 2 aliphatic rings. The number of carbonyl (C=O) groups is 1. The molecule has 1 aromatic rings. The molecule has 3 heteroatoms. The summed E-state index contributed by atoms with van der Waals surface area (Å²) in [6.07, 6.45) is 29.5. The zero-order valence-corrected chi connectivity index (χ0v) is 35.8. The third-order valence-corrected chi connectivity index (χ3v) is 12.2. The van der Waals surface area contributed by atoms with Crippen LogP contribution < -0.4 is 9.47 Å². The van der Waals surface area contributed by atoms with Crippen LogP contribution in [0.5, 0.6) is 11.5 Å². The summed E-state index contributed by atoms with van der Waals surface area (Å²) in [6, 6.07) is 0. The van der Waals surface area contributed by atoms with Gasteiger partial charge in [-0.05, 0) is 144 Å². The van der Waals surface area contributed by atoms with Crippen molar-refractivity contribution in [3.63, 3.8) is 0 Å². The van der Waals surface area contributed by atoms with Gasteiger partial charge in [-0.25, -0.2) is 4.79 Å². The van der Waals surface area contributed by atoms with Gasteiger partial charge in [0.05, 0.1) is 0 Å². The van der Waals surface area contributed by atoms with E-state index in [0.717, 1.165) is 65.0 Å². The fourth-order valence-electron chi connectivity index (χ4n) is 8.41. The summed E-state index contributed by atoms with van der Waals surface area (Å²) < 4.78 is 12.9. The molecule has 52 heavy (non-hydrogen) atoms. The molecule has 0 unspecified atom stereocenters. The van der Waals surface area contributed by atoms with E-state index in [4.69, 9.17) is 9.47 Å². The molecule has 0 bridgehead atoms. The van der Waals surface area contributed by atoms with Crippen LogP contribution in [0.25, 0.3) is 0 Å². The molecule has 1 aliphatic heterocycles. The maximum absolute atomic E-state index is 13.1. The molecule has 0 amide bonds. The van der Waals surface area contributed by atoms with Gasteiger partial charge >= 0.3 is 5.97 Å². The highest BCUT2D eigenvalue weighted by Crippen LogP contribution is 2.45. The van der Waals surface area contributed by atoms with E-state index in [1.807, 2.05) is 19.1 Å². The second-order valence-corrected chi connectivity index (χ2v) is 18.3. The van der Waals surface area contributed by atoms with E-state index in [1.54, 1.807) is 6.08 Å². The smallest absolute Gasteiger partial charge is 0.336 e. The molecule has 0 N–H and O–H groups in total. The zero-order valence-electron chi connectivity index (χ0n) is 35.8. The molecule has 0 aromatic heterocycles. The van der Waals surface area contributed by atoms with E-state index in [2.05, 4.69) is 101 Å². The molecule has 0 saturated carbocycles. The quantitative estimate of drug-likeness (QED) is 0.0658. The van der Waals surface area contributed by atoms with Crippen LogP contribution in [-0.4, -0.2) is 11.6 Å². The van der Waals surface area contributed by atoms with Crippen molar-refractivity contribution in [1.29, 1.82) is 0 Å². The number of hydrogen-bond acceptors (Lipinski definition) is 3. The minimum atomic E-state index is -0.341. The fourth-order valence-corrected chi connectivity index (χ4v) is 8.41. The normalized spacial score (nSPS) is 20.8. The van der Waals surface area contributed by atoms with Gasteiger partial charge in [-0.2, -0.15) is 0 Å². The van der Waals surface area contributed by atoms with Gasteiger partial charge in [0.1, 0.15) is 17.1 Å². The Labute approximate surface area is 320 Å². The van der Waals surface area contributed by atoms with Gasteiger partial charge in [-0.15, -0.1) is 0 Å². The van der Waals surface area contributed by atoms with E-state index in [0.29, 0.717) is 5.75 Å². The lowest BCUT2D eigenvalue weighted by Gasteiger charge is -2.38. The highest BCUT2D eigenvalue weighted by Gasteiger charge is 2.35. The van der Waals surface area contributed by atoms with Crippen LogP contribution in [0.3, 0.4) is 0 Å². The van der Waals surface area contributed by atoms with Gasteiger partial charge in [0.2, 0.25) is 0 Å². The molecule has 3 nitrogen and oxygen atoms in total. The summed E-state index contributed by atoms with van der Waals surface area (Å²) >= 11 is 0. The first-order valence-corrected chi connectivity index (χ1v) is 20.9. The van der Waals surface area contributed by atoms with Crippen molar-refractivity contribution < 1.29 is 14.3 Å². The van der Waals surface area contributed by atoms with E-state index in [1.165, 1.54) is 92.9 Å². The molecule has 0 radical (unpaired) electrons. The second-order valence-electron chi connectivity index (χ2n) is 18.3. The van der Waals surface area contributed by atoms with Crippen molar-refractivity contribution in [2.24, 2.45) is 23.2 Å². The number of benzene rings is 1. The molecule has 3 atom stereocenters. The Morgan fingerprint density at radius 1 is 0.788 bits per heavy atom. The summed E-state index contributed by atoms with van der Waals surface area (Å²) in [5.74, 6) is 3.80. The highest BCUT2D eigenvalue weighted by molar-refractivity contribution is 5.86. The monoisotopic (exact) mass is 713 g/mol. The molecular weight excluding hydrogens is 637 g/mol. The summed E-state index contributed by atoms with van der Waals surface area (Å²) in [7, 11) is 0. The van der Waals surface area contributed by atoms with Gasteiger partial charge in [0.15, 0.2) is 0 Å². The Kier molecular flexibility index (Phi) is 16.8. The summed E-state index contributed by atoms with van der Waals surface area (Å²) in [5, 5.41) is 0. The van der Waals surface area contributed by atoms with Gasteiger partial charge < -0.3 is 9.47 Å². The minimum absolute atomic E-state index is 0.156. The Balaban J connectivity index is 1.54. The van der Waals surface area contributed by atoms with Crippen molar-refractivity contribution in [3.05, 3.63) is 81.0 Å². The van der Waals surface area contributed by atoms with Crippen molar-refractivity contribution in [2.45, 2.75) is 186 Å². The number of carbonyl (C=O) groups excluding carboxylic acids is 1. The maximum Gasteiger partial charge on any atom is 0.336 e. The Bertz CT molecular complexity index is 1510. The lowest BCUT2D eigenvalue weighted by molar-refractivity contribution is -0.129. The van der Waals surface area contributed by atoms with E-state index >= 15 is 0 Å². The van der Waals surface area contributed by atoms with Crippen LogP contribution in [0, 0.1) is 43.9 Å². The lowest BCUT2D eigenvalue weighted by atomic mass is 9.72. The van der Waals surface area contributed by atoms with Crippen LogP contribution in [0.4, 0.5) is 0 Å². The Morgan fingerprint density at radius 2 is 1.42 bits per heavy atom. The maximum atomic E-state index is 13.1. The van der Waals surface area contributed by atoms with E-state index in [9.17, 15) is 4.79 Å². The van der Waals surface area contributed by atoms with Crippen LogP contribution in [0.15, 0.2) is 58.7 Å². The number of ether oxygens (including phenoxy) is 2. The highest BCUT2D eigenvalue weighted by atomic mass is 16.5. The molecule has 0 spiro atoms. The molecular formula is C49H76O3. The average Bonchev–Trinajstić information content (AvgIpc) is 3.05. The lowest BCUT2D eigenvalue weighted by Crippen LogP contribution is -2.37. The first kappa shape index (κ1) is 43.6. The molecule has 1 heterocycles. The predicted molar refractivity (Wildman–Crippen MR) is 224 cm³/mol. The Morgan fingerprint density at radius 3 is 2.06 bits per heavy atom. The molecule has 0 fully saturated rings. The third-order valence-electron chi connectivity index (χ3n) is 12.2. The second kappa shape index (κ2) is 20.0. The molecule has 1 aliphatic carbocycles. The predicted octanol–water partition coefficient (Wildman–Crippen LogP) is 14.6. The Hall–Kier alpha value is -2.81. The van der Waals surface area contributed by atoms with Gasteiger partial charge in [0, 0.05) is 11.6 Å². The topological polar surface area (TPSA) is 35.5 Å². The molecule has 290 valence electrons. The summed E-state index contributed by atoms with van der Waals surface area (Å²) in [4.78, 5) is 13.1. The minimum Gasteiger partial charge on any atom is -0.487 e. The SMILES string of the molecule is CC(C=C/C=C(/C)C=CC1=C(C)CCCC1(C)C)=CC(=O)Oc1c(C)c(C)c2c(c1C)CC[C@@](C)(CCC[C@H](C)CCC[C@H](C)CCCC(C)C)O2. The van der Waals surface area contributed by atoms with Crippen molar-refractivity contribution in [2.75, 3.05) is 0 Å². The van der Waals surface area contributed by atoms with E-state index < -0.39 is 0 Å².